The van der Waals surface area contributed by atoms with Crippen LogP contribution in [0.2, 0.25) is 0 Å². The van der Waals surface area contributed by atoms with E-state index in [4.69, 9.17) is 4.74 Å². The Balaban J connectivity index is 1.64. The molecule has 1 aromatic carbocycles. The van der Waals surface area contributed by atoms with Crippen LogP contribution in [0, 0.1) is 12.8 Å². The van der Waals surface area contributed by atoms with E-state index in [1.165, 1.54) is 36.0 Å². The van der Waals surface area contributed by atoms with E-state index in [-0.39, 0.29) is 5.91 Å². The number of likely N-dealkylation sites (tertiary alicyclic amines) is 1. The van der Waals surface area contributed by atoms with Crippen molar-refractivity contribution < 1.29 is 14.3 Å². The summed E-state index contributed by atoms with van der Waals surface area (Å²) in [6, 6.07) is 6.55. The molecule has 1 aromatic heterocycles. The van der Waals surface area contributed by atoms with E-state index in [9.17, 15) is 9.59 Å². The molecule has 1 aliphatic rings. The van der Waals surface area contributed by atoms with Crippen molar-refractivity contribution >= 4 is 28.3 Å². The molecule has 0 aliphatic carbocycles. The van der Waals surface area contributed by atoms with Gasteiger partial charge in [-0.25, -0.2) is 4.98 Å². The fourth-order valence-electron chi connectivity index (χ4n) is 3.09. The molecule has 0 saturated carbocycles. The second-order valence-electron chi connectivity index (χ2n) is 7.06. The van der Waals surface area contributed by atoms with E-state index < -0.39 is 5.97 Å². The van der Waals surface area contributed by atoms with Gasteiger partial charge >= 0.3 is 5.97 Å². The zero-order valence-electron chi connectivity index (χ0n) is 15.9. The van der Waals surface area contributed by atoms with Gasteiger partial charge in [0.05, 0.1) is 5.69 Å². The molecule has 3 rings (SSSR count). The van der Waals surface area contributed by atoms with Crippen LogP contribution in [0.3, 0.4) is 0 Å². The Bertz CT molecular complexity index is 826. The molecule has 1 saturated heterocycles. The highest BCUT2D eigenvalue weighted by atomic mass is 32.1. The van der Waals surface area contributed by atoms with Gasteiger partial charge in [0.25, 0.3) is 5.91 Å². The number of carbonyl (C=O) groups excluding carboxylic acids is 2. The van der Waals surface area contributed by atoms with Crippen molar-refractivity contribution in [1.82, 2.24) is 9.88 Å². The highest BCUT2D eigenvalue weighted by Crippen LogP contribution is 2.27. The highest BCUT2D eigenvalue weighted by molar-refractivity contribution is 7.15. The lowest BCUT2D eigenvalue weighted by Gasteiger charge is -2.29. The molecular formula is C20H25N3O3S. The fourth-order valence-corrected chi connectivity index (χ4v) is 4.09. The number of hydrogen-bond acceptors (Lipinski definition) is 6. The monoisotopic (exact) mass is 387 g/mol. The standard InChI is InChI=1S/C20H25N3O3S/c1-13-7-9-23(10-8-13)12-18-14(2)21-20(27-18)22-19(25)16-5-4-6-17(11-16)26-15(3)24/h4-6,11,13H,7-10,12H2,1-3H3,(H,21,22,25). The predicted molar refractivity (Wildman–Crippen MR) is 106 cm³/mol. The van der Waals surface area contributed by atoms with Gasteiger partial charge in [0.15, 0.2) is 5.13 Å². The second kappa shape index (κ2) is 8.63. The van der Waals surface area contributed by atoms with E-state index in [0.29, 0.717) is 16.4 Å². The molecule has 1 fully saturated rings. The summed E-state index contributed by atoms with van der Waals surface area (Å²) < 4.78 is 5.03. The van der Waals surface area contributed by atoms with Crippen LogP contribution in [-0.4, -0.2) is 34.8 Å². The number of amides is 1. The van der Waals surface area contributed by atoms with Crippen LogP contribution in [0.1, 0.15) is 47.6 Å². The summed E-state index contributed by atoms with van der Waals surface area (Å²) in [5.74, 6) is 0.475. The zero-order chi connectivity index (χ0) is 19.4. The first kappa shape index (κ1) is 19.5. The molecule has 27 heavy (non-hydrogen) atoms. The van der Waals surface area contributed by atoms with Crippen LogP contribution in [-0.2, 0) is 11.3 Å². The third-order valence-corrected chi connectivity index (χ3v) is 5.77. The van der Waals surface area contributed by atoms with Crippen molar-refractivity contribution in [2.45, 2.75) is 40.2 Å². The Morgan fingerprint density at radius 3 is 2.78 bits per heavy atom. The molecule has 144 valence electrons. The molecule has 2 heterocycles. The van der Waals surface area contributed by atoms with Crippen molar-refractivity contribution in [1.29, 1.82) is 0 Å². The largest absolute Gasteiger partial charge is 0.427 e. The van der Waals surface area contributed by atoms with Gasteiger partial charge in [0.2, 0.25) is 0 Å². The summed E-state index contributed by atoms with van der Waals surface area (Å²) in [5, 5.41) is 3.45. The Morgan fingerprint density at radius 2 is 2.07 bits per heavy atom. The summed E-state index contributed by atoms with van der Waals surface area (Å²) in [7, 11) is 0. The van der Waals surface area contributed by atoms with E-state index in [1.54, 1.807) is 24.3 Å². The van der Waals surface area contributed by atoms with Crippen LogP contribution in [0.5, 0.6) is 5.75 Å². The highest BCUT2D eigenvalue weighted by Gasteiger charge is 2.19. The van der Waals surface area contributed by atoms with Crippen molar-refractivity contribution in [3.05, 3.63) is 40.4 Å². The minimum atomic E-state index is -0.417. The van der Waals surface area contributed by atoms with Crippen LogP contribution in [0.25, 0.3) is 0 Å². The molecule has 0 radical (unpaired) electrons. The molecule has 0 spiro atoms. The number of esters is 1. The maximum Gasteiger partial charge on any atom is 0.308 e. The summed E-state index contributed by atoms with van der Waals surface area (Å²) in [5.41, 5.74) is 1.38. The Hall–Kier alpha value is -2.25. The van der Waals surface area contributed by atoms with Crippen LogP contribution >= 0.6 is 11.3 Å². The topological polar surface area (TPSA) is 71.5 Å². The van der Waals surface area contributed by atoms with E-state index in [2.05, 4.69) is 22.1 Å². The normalized spacial score (nSPS) is 15.5. The molecule has 1 aliphatic heterocycles. The molecule has 1 N–H and O–H groups in total. The number of aryl methyl sites for hydroxylation is 1. The van der Waals surface area contributed by atoms with Crippen LogP contribution < -0.4 is 10.1 Å². The lowest BCUT2D eigenvalue weighted by atomic mass is 9.99. The molecule has 1 amide bonds. The van der Waals surface area contributed by atoms with Crippen LogP contribution in [0.15, 0.2) is 24.3 Å². The van der Waals surface area contributed by atoms with Crippen LogP contribution in [0.4, 0.5) is 5.13 Å². The molecule has 0 unspecified atom stereocenters. The molecule has 0 atom stereocenters. The average molecular weight is 388 g/mol. The number of carbonyl (C=O) groups is 2. The molecular weight excluding hydrogens is 362 g/mol. The van der Waals surface area contributed by atoms with Gasteiger partial charge in [-0.2, -0.15) is 0 Å². The Kier molecular flexibility index (Phi) is 6.23. The minimum Gasteiger partial charge on any atom is -0.427 e. The number of thiazole rings is 1. The second-order valence-corrected chi connectivity index (χ2v) is 8.15. The average Bonchev–Trinajstić information content (AvgIpc) is 2.95. The number of aromatic nitrogens is 1. The summed E-state index contributed by atoms with van der Waals surface area (Å²) in [4.78, 5) is 31.7. The lowest BCUT2D eigenvalue weighted by Crippen LogP contribution is -2.32. The first-order chi connectivity index (χ1) is 12.9. The summed E-state index contributed by atoms with van der Waals surface area (Å²) in [6.45, 7) is 8.73. The quantitative estimate of drug-likeness (QED) is 0.623. The molecule has 7 heteroatoms. The number of benzene rings is 1. The van der Waals surface area contributed by atoms with Gasteiger partial charge in [-0.1, -0.05) is 13.0 Å². The van der Waals surface area contributed by atoms with Gasteiger partial charge in [0.1, 0.15) is 5.75 Å². The SMILES string of the molecule is CC(=O)Oc1cccc(C(=O)Nc2nc(C)c(CN3CCC(C)CC3)s2)c1. The number of piperidine rings is 1. The van der Waals surface area contributed by atoms with E-state index in [0.717, 1.165) is 31.2 Å². The van der Waals surface area contributed by atoms with Crippen molar-refractivity contribution in [2.75, 3.05) is 18.4 Å². The molecule has 0 bridgehead atoms. The van der Waals surface area contributed by atoms with E-state index in [1.807, 2.05) is 6.92 Å². The summed E-state index contributed by atoms with van der Waals surface area (Å²) in [6.07, 6.45) is 2.47. The van der Waals surface area contributed by atoms with Crippen molar-refractivity contribution in [3.8, 4) is 5.75 Å². The van der Waals surface area contributed by atoms with Gasteiger partial charge in [-0.05, 0) is 57.0 Å². The maximum atomic E-state index is 12.5. The number of rotatable bonds is 5. The number of nitrogens with zero attached hydrogens (tertiary/aromatic N) is 2. The maximum absolute atomic E-state index is 12.5. The number of anilines is 1. The third-order valence-electron chi connectivity index (χ3n) is 4.71. The number of ether oxygens (including phenoxy) is 1. The zero-order valence-corrected chi connectivity index (χ0v) is 16.8. The smallest absolute Gasteiger partial charge is 0.308 e. The Morgan fingerprint density at radius 1 is 1.33 bits per heavy atom. The fraction of sp³-hybridized carbons (Fsp3) is 0.450. The lowest BCUT2D eigenvalue weighted by molar-refractivity contribution is -0.131. The van der Waals surface area contributed by atoms with Gasteiger partial charge in [-0.3, -0.25) is 19.8 Å². The predicted octanol–water partition coefficient (Wildman–Crippen LogP) is 3.86. The summed E-state index contributed by atoms with van der Waals surface area (Å²) >= 11 is 1.52. The first-order valence-corrected chi connectivity index (χ1v) is 10.0. The molecule has 2 aromatic rings. The van der Waals surface area contributed by atoms with Crippen molar-refractivity contribution in [2.24, 2.45) is 5.92 Å². The number of nitrogens with one attached hydrogen (secondary N) is 1. The van der Waals surface area contributed by atoms with Crippen molar-refractivity contribution in [3.63, 3.8) is 0 Å². The van der Waals surface area contributed by atoms with Gasteiger partial charge in [-0.15, -0.1) is 11.3 Å². The van der Waals surface area contributed by atoms with Gasteiger partial charge in [0, 0.05) is 23.9 Å². The minimum absolute atomic E-state index is 0.268. The first-order valence-electron chi connectivity index (χ1n) is 9.19. The number of hydrogen-bond donors (Lipinski definition) is 1. The Labute approximate surface area is 163 Å². The molecule has 6 nitrogen and oxygen atoms in total. The van der Waals surface area contributed by atoms with E-state index >= 15 is 0 Å². The van der Waals surface area contributed by atoms with Gasteiger partial charge < -0.3 is 4.74 Å². The third kappa shape index (κ3) is 5.37.